The third kappa shape index (κ3) is 5.11. The Hall–Kier alpha value is -3.32. The van der Waals surface area contributed by atoms with Crippen molar-refractivity contribution in [2.45, 2.75) is 39.4 Å². The van der Waals surface area contributed by atoms with Crippen LogP contribution in [-0.2, 0) is 15.1 Å². The fourth-order valence-corrected chi connectivity index (χ4v) is 3.55. The fraction of sp³-hybridized carbons (Fsp3) is 0.320. The second kappa shape index (κ2) is 9.87. The van der Waals surface area contributed by atoms with E-state index in [1.165, 1.54) is 24.3 Å². The molecule has 32 heavy (non-hydrogen) atoms. The number of benzene rings is 2. The van der Waals surface area contributed by atoms with Crippen molar-refractivity contribution in [3.8, 4) is 6.01 Å². The Bertz CT molecular complexity index is 1040. The van der Waals surface area contributed by atoms with Crippen LogP contribution in [0.3, 0.4) is 0 Å². The zero-order valence-electron chi connectivity index (χ0n) is 18.6. The summed E-state index contributed by atoms with van der Waals surface area (Å²) in [7, 11) is 0. The molecule has 6 nitrogen and oxygen atoms in total. The van der Waals surface area contributed by atoms with Gasteiger partial charge in [0.25, 0.3) is 0 Å². The molecule has 1 heterocycles. The summed E-state index contributed by atoms with van der Waals surface area (Å²) in [6.45, 7) is 7.72. The van der Waals surface area contributed by atoms with Gasteiger partial charge in [0.1, 0.15) is 5.82 Å². The number of nitrogens with zero attached hydrogens (tertiary/aromatic N) is 2. The number of aliphatic carboxylic acids is 1. The highest BCUT2D eigenvalue weighted by atomic mass is 19.1. The van der Waals surface area contributed by atoms with Crippen LogP contribution < -0.4 is 4.74 Å². The van der Waals surface area contributed by atoms with Crippen LogP contribution in [0.15, 0.2) is 60.7 Å². The van der Waals surface area contributed by atoms with E-state index in [4.69, 9.17) is 9.47 Å². The van der Waals surface area contributed by atoms with Crippen molar-refractivity contribution in [1.29, 1.82) is 0 Å². The molecule has 1 N–H and O–H groups in total. The molecule has 168 valence electrons. The van der Waals surface area contributed by atoms with Gasteiger partial charge < -0.3 is 14.6 Å². The molecule has 0 amide bonds. The van der Waals surface area contributed by atoms with Crippen molar-refractivity contribution in [2.24, 2.45) is 5.92 Å². The molecule has 0 radical (unpaired) electrons. The van der Waals surface area contributed by atoms with E-state index in [1.807, 2.05) is 19.9 Å². The minimum atomic E-state index is -1.58. The van der Waals surface area contributed by atoms with Crippen molar-refractivity contribution in [3.05, 3.63) is 89.0 Å². The molecule has 0 bridgehead atoms. The number of halogens is 1. The summed E-state index contributed by atoms with van der Waals surface area (Å²) in [5.74, 6) is -1.60. The molecule has 0 spiro atoms. The lowest BCUT2D eigenvalue weighted by molar-refractivity contribution is -0.165. The van der Waals surface area contributed by atoms with E-state index in [1.54, 1.807) is 44.2 Å². The number of rotatable bonds is 9. The number of aryl methyl sites for hydroxylation is 2. The number of carboxylic acids is 1. The van der Waals surface area contributed by atoms with E-state index in [9.17, 15) is 14.3 Å². The molecule has 2 atom stereocenters. The summed E-state index contributed by atoms with van der Waals surface area (Å²) >= 11 is 0. The molecule has 0 saturated carbocycles. The van der Waals surface area contributed by atoms with Crippen molar-refractivity contribution in [2.75, 3.05) is 6.61 Å². The van der Waals surface area contributed by atoms with Crippen LogP contribution in [0.2, 0.25) is 0 Å². The van der Waals surface area contributed by atoms with Gasteiger partial charge in [-0.2, -0.15) is 0 Å². The maximum absolute atomic E-state index is 13.8. The van der Waals surface area contributed by atoms with Crippen LogP contribution in [0.5, 0.6) is 6.01 Å². The largest absolute Gasteiger partial charge is 0.478 e. The summed E-state index contributed by atoms with van der Waals surface area (Å²) in [5, 5.41) is 10.3. The highest BCUT2D eigenvalue weighted by Gasteiger charge is 2.50. The van der Waals surface area contributed by atoms with E-state index in [0.29, 0.717) is 22.5 Å². The Morgan fingerprint density at radius 2 is 1.56 bits per heavy atom. The van der Waals surface area contributed by atoms with Gasteiger partial charge >= 0.3 is 12.0 Å². The van der Waals surface area contributed by atoms with Gasteiger partial charge in [-0.15, -0.1) is 0 Å². The van der Waals surface area contributed by atoms with E-state index >= 15 is 0 Å². The normalized spacial score (nSPS) is 14.1. The first kappa shape index (κ1) is 23.3. The first-order chi connectivity index (χ1) is 15.2. The fourth-order valence-electron chi connectivity index (χ4n) is 3.55. The van der Waals surface area contributed by atoms with Crippen molar-refractivity contribution >= 4 is 5.97 Å². The van der Waals surface area contributed by atoms with Crippen LogP contribution in [0.25, 0.3) is 0 Å². The van der Waals surface area contributed by atoms with Gasteiger partial charge in [0, 0.05) is 11.4 Å². The Balaban J connectivity index is 2.25. The van der Waals surface area contributed by atoms with Gasteiger partial charge in [-0.05, 0) is 49.1 Å². The molecule has 0 aliphatic carbocycles. The molecule has 0 unspecified atom stereocenters. The van der Waals surface area contributed by atoms with Crippen LogP contribution in [0.1, 0.15) is 36.4 Å². The molecule has 0 aliphatic heterocycles. The summed E-state index contributed by atoms with van der Waals surface area (Å²) < 4.78 is 26.1. The highest BCUT2D eigenvalue weighted by Crippen LogP contribution is 2.39. The average Bonchev–Trinajstić information content (AvgIpc) is 2.74. The smallest absolute Gasteiger partial charge is 0.348 e. The molecular weight excluding hydrogens is 411 g/mol. The third-order valence-corrected chi connectivity index (χ3v) is 4.90. The van der Waals surface area contributed by atoms with E-state index < -0.39 is 23.5 Å². The molecule has 2 aromatic carbocycles. The summed E-state index contributed by atoms with van der Waals surface area (Å²) in [4.78, 5) is 21.2. The van der Waals surface area contributed by atoms with Crippen LogP contribution in [0.4, 0.5) is 4.39 Å². The summed E-state index contributed by atoms with van der Waals surface area (Å²) in [6, 6.07) is 16.2. The maximum atomic E-state index is 13.8. The SMILES string of the molecule is Cc1cc(C)nc(O[C@H](C(=O)O)[C@@](OCC(C)C)(c2ccccc2)c2ccc(F)cc2)n1. The topological polar surface area (TPSA) is 81.5 Å². The predicted molar refractivity (Wildman–Crippen MR) is 118 cm³/mol. The standard InChI is InChI=1S/C25H27FN2O4/c1-16(2)15-31-25(19-8-6-5-7-9-19,20-10-12-21(26)13-11-20)22(23(29)30)32-24-27-17(3)14-18(4)28-24/h5-14,16,22H,15H2,1-4H3,(H,29,30)/t22-,25-/m1/s1. The third-order valence-electron chi connectivity index (χ3n) is 4.90. The molecule has 3 rings (SSSR count). The molecule has 0 saturated heterocycles. The second-order valence-electron chi connectivity index (χ2n) is 8.08. The lowest BCUT2D eigenvalue weighted by Gasteiger charge is -2.39. The van der Waals surface area contributed by atoms with Crippen molar-refractivity contribution in [1.82, 2.24) is 9.97 Å². The first-order valence-corrected chi connectivity index (χ1v) is 10.4. The zero-order valence-corrected chi connectivity index (χ0v) is 18.6. The molecule has 0 fully saturated rings. The lowest BCUT2D eigenvalue weighted by Crippen LogP contribution is -2.51. The number of aromatic nitrogens is 2. The quantitative estimate of drug-likeness (QED) is 0.522. The summed E-state index contributed by atoms with van der Waals surface area (Å²) in [6.07, 6.45) is -1.55. The van der Waals surface area contributed by atoms with E-state index in [-0.39, 0.29) is 18.5 Å². The Morgan fingerprint density at radius 1 is 1.00 bits per heavy atom. The van der Waals surface area contributed by atoms with Crippen molar-refractivity contribution < 1.29 is 23.8 Å². The first-order valence-electron chi connectivity index (χ1n) is 10.4. The number of carboxylic acid groups (broad SMARTS) is 1. The van der Waals surface area contributed by atoms with Gasteiger partial charge in [0.15, 0.2) is 5.60 Å². The van der Waals surface area contributed by atoms with Crippen molar-refractivity contribution in [3.63, 3.8) is 0 Å². The molecule has 1 aromatic heterocycles. The number of ether oxygens (including phenoxy) is 2. The van der Waals surface area contributed by atoms with Gasteiger partial charge in [-0.25, -0.2) is 19.2 Å². The molecule has 7 heteroatoms. The van der Waals surface area contributed by atoms with Gasteiger partial charge in [0.2, 0.25) is 6.10 Å². The molecular formula is C25H27FN2O4. The average molecular weight is 438 g/mol. The van der Waals surface area contributed by atoms with Gasteiger partial charge in [0.05, 0.1) is 6.61 Å². The Labute approximate surface area is 187 Å². The second-order valence-corrected chi connectivity index (χ2v) is 8.08. The minimum absolute atomic E-state index is 0.0644. The number of carbonyl (C=O) groups is 1. The van der Waals surface area contributed by atoms with E-state index in [0.717, 1.165) is 0 Å². The maximum Gasteiger partial charge on any atom is 0.348 e. The van der Waals surface area contributed by atoms with E-state index in [2.05, 4.69) is 9.97 Å². The lowest BCUT2D eigenvalue weighted by atomic mass is 9.80. The zero-order chi connectivity index (χ0) is 23.3. The number of hydrogen-bond acceptors (Lipinski definition) is 5. The monoisotopic (exact) mass is 438 g/mol. The molecule has 3 aromatic rings. The van der Waals surface area contributed by atoms with Crippen LogP contribution in [0, 0.1) is 25.6 Å². The van der Waals surface area contributed by atoms with Crippen LogP contribution >= 0.6 is 0 Å². The van der Waals surface area contributed by atoms with Crippen LogP contribution in [-0.4, -0.2) is 33.8 Å². The Kier molecular flexibility index (Phi) is 7.20. The Morgan fingerprint density at radius 3 is 2.09 bits per heavy atom. The number of hydrogen-bond donors (Lipinski definition) is 1. The summed E-state index contributed by atoms with van der Waals surface area (Å²) in [5.41, 5.74) is 0.719. The van der Waals surface area contributed by atoms with Gasteiger partial charge in [-0.3, -0.25) is 0 Å². The molecule has 0 aliphatic rings. The predicted octanol–water partition coefficient (Wildman–Crippen LogP) is 4.68. The minimum Gasteiger partial charge on any atom is -0.478 e. The highest BCUT2D eigenvalue weighted by molar-refractivity contribution is 5.76. The van der Waals surface area contributed by atoms with Gasteiger partial charge in [-0.1, -0.05) is 56.3 Å².